The second-order valence-corrected chi connectivity index (χ2v) is 5.88. The van der Waals surface area contributed by atoms with Crippen LogP contribution in [-0.2, 0) is 0 Å². The van der Waals surface area contributed by atoms with Gasteiger partial charge in [-0.2, -0.15) is 0 Å². The summed E-state index contributed by atoms with van der Waals surface area (Å²) in [5.41, 5.74) is 0.0961. The van der Waals surface area contributed by atoms with E-state index in [1.165, 1.54) is 0 Å². The molecule has 1 aromatic carbocycles. The normalized spacial score (nSPS) is 19.6. The zero-order valence-electron chi connectivity index (χ0n) is 9.04. The van der Waals surface area contributed by atoms with E-state index < -0.39 is 0 Å². The van der Waals surface area contributed by atoms with Gasteiger partial charge in [0.25, 0.3) is 0 Å². The van der Waals surface area contributed by atoms with Crippen LogP contribution in [0.2, 0.25) is 0 Å². The summed E-state index contributed by atoms with van der Waals surface area (Å²) in [6.45, 7) is 0.800. The van der Waals surface area contributed by atoms with Crippen molar-refractivity contribution in [2.45, 2.75) is 6.17 Å². The number of hydrogen-bond donors (Lipinski definition) is 1. The van der Waals surface area contributed by atoms with Crippen LogP contribution in [0.3, 0.4) is 0 Å². The average Bonchev–Trinajstić information content (AvgIpc) is 2.96. The quantitative estimate of drug-likeness (QED) is 0.821. The van der Waals surface area contributed by atoms with Gasteiger partial charge in [-0.25, -0.2) is 0 Å². The Morgan fingerprint density at radius 3 is 3.12 bits per heavy atom. The van der Waals surface area contributed by atoms with E-state index in [0.29, 0.717) is 0 Å². The number of rotatable bonds is 2. The van der Waals surface area contributed by atoms with E-state index in [9.17, 15) is 4.79 Å². The van der Waals surface area contributed by atoms with Gasteiger partial charge in [0.15, 0.2) is 0 Å². The minimum absolute atomic E-state index is 0.0160. The predicted molar refractivity (Wildman–Crippen MR) is 70.8 cm³/mol. The van der Waals surface area contributed by atoms with Crippen molar-refractivity contribution in [3.8, 4) is 0 Å². The van der Waals surface area contributed by atoms with Gasteiger partial charge in [0, 0.05) is 0 Å². The van der Waals surface area contributed by atoms with E-state index >= 15 is 0 Å². The number of fused-ring (bicyclic) bond motifs is 1. The van der Waals surface area contributed by atoms with Gasteiger partial charge in [-0.1, -0.05) is 0 Å². The summed E-state index contributed by atoms with van der Waals surface area (Å²) in [6, 6.07) is 7.79. The van der Waals surface area contributed by atoms with Crippen LogP contribution in [0.25, 0.3) is 15.8 Å². The molecular weight excluding hydrogens is 281 g/mol. The van der Waals surface area contributed by atoms with Crippen molar-refractivity contribution < 1.29 is 0 Å². The molecule has 5 heteroatoms. The van der Waals surface area contributed by atoms with Crippen molar-refractivity contribution in [3.05, 3.63) is 40.7 Å². The second kappa shape index (κ2) is 4.45. The van der Waals surface area contributed by atoms with E-state index in [1.54, 1.807) is 3.56 Å². The molecule has 0 bridgehead atoms. The van der Waals surface area contributed by atoms with E-state index in [4.69, 9.17) is 0 Å². The Bertz CT molecular complexity index is 653. The molecule has 1 N–H and O–H groups in total. The third-order valence-electron chi connectivity index (χ3n) is 2.60. The van der Waals surface area contributed by atoms with Gasteiger partial charge in [-0.3, -0.25) is 0 Å². The predicted octanol–water partition coefficient (Wildman–Crippen LogP) is 0.529. The molecule has 2 heterocycles. The van der Waals surface area contributed by atoms with Crippen LogP contribution in [0.5, 0.6) is 0 Å². The summed E-state index contributed by atoms with van der Waals surface area (Å²) in [5.74, 6) is 0. The minimum atomic E-state index is 0.0160. The third kappa shape index (κ3) is 2.05. The molecule has 1 atom stereocenters. The fourth-order valence-corrected chi connectivity index (χ4v) is 3.68. The Morgan fingerprint density at radius 1 is 1.47 bits per heavy atom. The summed E-state index contributed by atoms with van der Waals surface area (Å²) in [5, 5.41) is 4.01. The first-order chi connectivity index (χ1) is 8.34. The summed E-state index contributed by atoms with van der Waals surface area (Å²) < 4.78 is 2.94. The molecule has 0 fully saturated rings. The van der Waals surface area contributed by atoms with Crippen molar-refractivity contribution in [3.63, 3.8) is 0 Å². The molecule has 17 heavy (non-hydrogen) atoms. The topological polar surface area (TPSA) is 46.4 Å². The van der Waals surface area contributed by atoms with Crippen LogP contribution >= 0.6 is 0 Å². The molecule has 0 amide bonds. The van der Waals surface area contributed by atoms with Crippen molar-refractivity contribution >= 4 is 36.8 Å². The molecule has 3 rings (SSSR count). The Kier molecular flexibility index (Phi) is 2.81. The number of hydrogen-bond acceptors (Lipinski definition) is 3. The summed E-state index contributed by atoms with van der Waals surface area (Å²) in [6.07, 6.45) is 5.64. The van der Waals surface area contributed by atoms with E-state index in [0.717, 1.165) is 16.2 Å². The Morgan fingerprint density at radius 2 is 2.35 bits per heavy atom. The van der Waals surface area contributed by atoms with Crippen molar-refractivity contribution in [1.29, 1.82) is 0 Å². The van der Waals surface area contributed by atoms with Crippen LogP contribution < -0.4 is 10.9 Å². The number of nitrogens with zero attached hydrogens (tertiary/aromatic N) is 2. The number of aliphatic imine (C=N–C) groups is 1. The van der Waals surface area contributed by atoms with Crippen molar-refractivity contribution in [1.82, 2.24) is 8.88 Å². The molecule has 1 aromatic heterocycles. The van der Waals surface area contributed by atoms with Gasteiger partial charge in [-0.15, -0.1) is 0 Å². The Labute approximate surface area is 104 Å². The molecule has 4 nitrogen and oxygen atoms in total. The van der Waals surface area contributed by atoms with Crippen LogP contribution in [-0.4, -0.2) is 37.2 Å². The van der Waals surface area contributed by atoms with Gasteiger partial charge >= 0.3 is 104 Å². The fraction of sp³-hybridized carbons (Fsp3) is 0.167. The van der Waals surface area contributed by atoms with Crippen molar-refractivity contribution in [2.75, 3.05) is 6.54 Å². The zero-order chi connectivity index (χ0) is 11.7. The molecule has 1 aliphatic heterocycles. The first kappa shape index (κ1) is 10.7. The number of nitrogens with one attached hydrogen (secondary N) is 1. The third-order valence-corrected chi connectivity index (χ3v) is 4.78. The Hall–Kier alpha value is -1.42. The fourth-order valence-electron chi connectivity index (χ4n) is 1.76. The van der Waals surface area contributed by atoms with Crippen LogP contribution in [0.4, 0.5) is 0 Å². The summed E-state index contributed by atoms with van der Waals surface area (Å²) in [4.78, 5) is 16.2. The van der Waals surface area contributed by atoms with Crippen molar-refractivity contribution in [2.24, 2.45) is 4.99 Å². The average molecular weight is 292 g/mol. The monoisotopic (exact) mass is 293 g/mol. The SMILES string of the molecule is O=c1c2ccccc2[se]n1/C=C/C1N=CCN1. The van der Waals surface area contributed by atoms with Gasteiger partial charge in [0.1, 0.15) is 0 Å². The molecule has 0 saturated heterocycles. The summed E-state index contributed by atoms with van der Waals surface area (Å²) in [7, 11) is 0. The van der Waals surface area contributed by atoms with Gasteiger partial charge in [-0.05, 0) is 0 Å². The Balaban J connectivity index is 1.97. The van der Waals surface area contributed by atoms with Crippen LogP contribution in [0.15, 0.2) is 40.1 Å². The molecule has 0 radical (unpaired) electrons. The first-order valence-corrected chi connectivity index (χ1v) is 7.01. The molecule has 0 aliphatic carbocycles. The number of aromatic nitrogens is 1. The van der Waals surface area contributed by atoms with Crippen LogP contribution in [0, 0.1) is 0 Å². The standard InChI is InChI=1S/C12H11N3OSe/c16-12-9-3-1-2-4-10(9)17-15(12)8-5-11-13-6-7-14-11/h1-6,8,11,14H,7H2/b8-5+. The van der Waals surface area contributed by atoms with Gasteiger partial charge in [0.2, 0.25) is 0 Å². The maximum absolute atomic E-state index is 12.0. The van der Waals surface area contributed by atoms with Crippen LogP contribution in [0.1, 0.15) is 0 Å². The molecule has 2 aromatic rings. The van der Waals surface area contributed by atoms with E-state index in [-0.39, 0.29) is 26.5 Å². The van der Waals surface area contributed by atoms with Gasteiger partial charge < -0.3 is 0 Å². The second-order valence-electron chi connectivity index (χ2n) is 3.74. The molecule has 1 aliphatic rings. The van der Waals surface area contributed by atoms with E-state index in [1.807, 2.05) is 42.8 Å². The number of benzene rings is 1. The molecule has 1 unspecified atom stereocenters. The zero-order valence-corrected chi connectivity index (χ0v) is 10.7. The molecular formula is C12H11N3OSe. The molecule has 0 saturated carbocycles. The maximum atomic E-state index is 12.0. The van der Waals surface area contributed by atoms with E-state index in [2.05, 4.69) is 10.3 Å². The van der Waals surface area contributed by atoms with Gasteiger partial charge in [0.05, 0.1) is 0 Å². The first-order valence-electron chi connectivity index (χ1n) is 5.38. The molecule has 86 valence electrons. The molecule has 0 spiro atoms. The summed E-state index contributed by atoms with van der Waals surface area (Å²) >= 11 is 0.0620.